The van der Waals surface area contributed by atoms with Crippen LogP contribution in [0.5, 0.6) is 0 Å². The third-order valence-corrected chi connectivity index (χ3v) is 3.18. The molecule has 1 unspecified atom stereocenters. The predicted octanol–water partition coefficient (Wildman–Crippen LogP) is 2.60. The van der Waals surface area contributed by atoms with Gasteiger partial charge in [0.1, 0.15) is 0 Å². The van der Waals surface area contributed by atoms with Crippen LogP contribution in [0.4, 0.5) is 0 Å². The zero-order valence-corrected chi connectivity index (χ0v) is 10.5. The molecule has 0 aliphatic carbocycles. The maximum Gasteiger partial charge on any atom is 0.0641 e. The molecule has 0 saturated carbocycles. The molecular formula is C14H16N2S. The molecule has 0 fully saturated rings. The molecule has 17 heavy (non-hydrogen) atoms. The topological polar surface area (TPSA) is 35.8 Å². The van der Waals surface area contributed by atoms with Gasteiger partial charge in [0.25, 0.3) is 0 Å². The third-order valence-electron chi connectivity index (χ3n) is 2.32. The van der Waals surface area contributed by atoms with Crippen LogP contribution in [-0.4, -0.2) is 18.1 Å². The zero-order chi connectivity index (χ0) is 12.3. The van der Waals surface area contributed by atoms with Crippen molar-refractivity contribution >= 4 is 11.8 Å². The van der Waals surface area contributed by atoms with Gasteiger partial charge in [0.05, 0.1) is 18.2 Å². The second kappa shape index (κ2) is 8.70. The summed E-state index contributed by atoms with van der Waals surface area (Å²) in [6.45, 7) is 0.869. The number of terminal acetylenes is 1. The Bertz CT molecular complexity index is 389. The van der Waals surface area contributed by atoms with Crippen molar-refractivity contribution in [2.75, 3.05) is 18.1 Å². The van der Waals surface area contributed by atoms with Gasteiger partial charge in [0.15, 0.2) is 0 Å². The van der Waals surface area contributed by atoms with Crippen molar-refractivity contribution < 1.29 is 0 Å². The highest BCUT2D eigenvalue weighted by Gasteiger charge is 2.09. The molecule has 0 aromatic heterocycles. The van der Waals surface area contributed by atoms with Crippen LogP contribution in [0.25, 0.3) is 0 Å². The molecule has 88 valence electrons. The van der Waals surface area contributed by atoms with E-state index in [9.17, 15) is 0 Å². The average molecular weight is 244 g/mol. The van der Waals surface area contributed by atoms with Crippen molar-refractivity contribution in [2.24, 2.45) is 0 Å². The molecule has 0 heterocycles. The monoisotopic (exact) mass is 244 g/mol. The second-order valence-corrected chi connectivity index (χ2v) is 4.64. The number of rotatable bonds is 7. The molecule has 0 radical (unpaired) electrons. The number of hydrogen-bond acceptors (Lipinski definition) is 3. The van der Waals surface area contributed by atoms with Crippen molar-refractivity contribution in [2.45, 2.75) is 12.5 Å². The number of nitrogens with one attached hydrogen (secondary N) is 1. The molecule has 0 aliphatic heterocycles. The van der Waals surface area contributed by atoms with Crippen LogP contribution in [0.3, 0.4) is 0 Å². The zero-order valence-electron chi connectivity index (χ0n) is 9.73. The highest BCUT2D eigenvalue weighted by molar-refractivity contribution is 7.99. The smallest absolute Gasteiger partial charge is 0.0641 e. The van der Waals surface area contributed by atoms with Gasteiger partial charge in [-0.3, -0.25) is 0 Å². The molecule has 1 rings (SSSR count). The van der Waals surface area contributed by atoms with Crippen LogP contribution in [0.2, 0.25) is 0 Å². The molecule has 1 aromatic rings. The van der Waals surface area contributed by atoms with Gasteiger partial charge < -0.3 is 5.32 Å². The first-order valence-electron chi connectivity index (χ1n) is 5.55. The maximum absolute atomic E-state index is 8.82. The largest absolute Gasteiger partial charge is 0.308 e. The molecule has 0 bridgehead atoms. The lowest BCUT2D eigenvalue weighted by molar-refractivity contribution is 0.566. The summed E-state index contributed by atoms with van der Waals surface area (Å²) >= 11 is 1.73. The number of nitrogens with zero attached hydrogens (tertiary/aromatic N) is 1. The molecule has 3 heteroatoms. The van der Waals surface area contributed by atoms with Gasteiger partial charge in [0, 0.05) is 18.3 Å². The van der Waals surface area contributed by atoms with Gasteiger partial charge in [-0.25, -0.2) is 0 Å². The minimum absolute atomic E-state index is 0.118. The van der Waals surface area contributed by atoms with Gasteiger partial charge in [-0.05, 0) is 5.56 Å². The molecule has 1 N–H and O–H groups in total. The van der Waals surface area contributed by atoms with E-state index in [0.717, 1.165) is 23.6 Å². The Balaban J connectivity index is 2.40. The summed E-state index contributed by atoms with van der Waals surface area (Å²) in [5, 5.41) is 12.2. The quantitative estimate of drug-likeness (QED) is 0.591. The van der Waals surface area contributed by atoms with E-state index >= 15 is 0 Å². The van der Waals surface area contributed by atoms with Crippen LogP contribution in [-0.2, 0) is 0 Å². The van der Waals surface area contributed by atoms with Gasteiger partial charge in [-0.1, -0.05) is 36.3 Å². The minimum atomic E-state index is 0.118. The van der Waals surface area contributed by atoms with Crippen LogP contribution < -0.4 is 5.32 Å². The van der Waals surface area contributed by atoms with Crippen LogP contribution in [0.1, 0.15) is 18.0 Å². The third kappa shape index (κ3) is 5.45. The molecule has 0 amide bonds. The lowest BCUT2D eigenvalue weighted by Gasteiger charge is -2.15. The van der Waals surface area contributed by atoms with E-state index in [-0.39, 0.29) is 6.04 Å². The summed E-state index contributed by atoms with van der Waals surface area (Å²) in [7, 11) is 0. The maximum atomic E-state index is 8.82. The van der Waals surface area contributed by atoms with Crippen LogP contribution in [0.15, 0.2) is 30.3 Å². The second-order valence-electron chi connectivity index (χ2n) is 3.54. The molecule has 0 aliphatic rings. The van der Waals surface area contributed by atoms with Gasteiger partial charge in [-0.2, -0.15) is 5.26 Å². The standard InChI is InChI=1S/C14H16N2S/c1-2-11-17-12-10-16-14(8-9-15)13-6-4-3-5-7-13/h1,3-7,14,16H,8,10-12H2. The van der Waals surface area contributed by atoms with Crippen LogP contribution >= 0.6 is 11.8 Å². The summed E-state index contributed by atoms with van der Waals surface area (Å²) < 4.78 is 0. The van der Waals surface area contributed by atoms with Gasteiger partial charge in [-0.15, -0.1) is 18.2 Å². The fourth-order valence-corrected chi connectivity index (χ4v) is 2.05. The number of benzene rings is 1. The van der Waals surface area contributed by atoms with E-state index in [2.05, 4.69) is 17.3 Å². The lowest BCUT2D eigenvalue weighted by Crippen LogP contribution is -2.23. The lowest BCUT2D eigenvalue weighted by atomic mass is 10.0. The Morgan fingerprint density at radius 3 is 2.76 bits per heavy atom. The fourth-order valence-electron chi connectivity index (χ4n) is 1.52. The molecule has 1 atom stereocenters. The summed E-state index contributed by atoms with van der Waals surface area (Å²) in [5.74, 6) is 4.31. The van der Waals surface area contributed by atoms with Gasteiger partial charge >= 0.3 is 0 Å². The molecule has 2 nitrogen and oxygen atoms in total. The van der Waals surface area contributed by atoms with Gasteiger partial charge in [0.2, 0.25) is 0 Å². The fraction of sp³-hybridized carbons (Fsp3) is 0.357. The summed E-state index contributed by atoms with van der Waals surface area (Å²) in [6, 6.07) is 12.4. The van der Waals surface area contributed by atoms with Crippen molar-refractivity contribution in [3.8, 4) is 18.4 Å². The molecule has 0 spiro atoms. The summed E-state index contributed by atoms with van der Waals surface area (Å²) in [4.78, 5) is 0. The normalized spacial score (nSPS) is 11.4. The van der Waals surface area contributed by atoms with E-state index in [1.807, 2.05) is 30.3 Å². The van der Waals surface area contributed by atoms with E-state index in [4.69, 9.17) is 11.7 Å². The average Bonchev–Trinajstić information content (AvgIpc) is 2.38. The van der Waals surface area contributed by atoms with E-state index in [1.165, 1.54) is 0 Å². The van der Waals surface area contributed by atoms with E-state index in [1.54, 1.807) is 11.8 Å². The summed E-state index contributed by atoms with van der Waals surface area (Å²) in [6.07, 6.45) is 5.66. The van der Waals surface area contributed by atoms with Crippen molar-refractivity contribution in [1.29, 1.82) is 5.26 Å². The Morgan fingerprint density at radius 1 is 1.35 bits per heavy atom. The summed E-state index contributed by atoms with van der Waals surface area (Å²) in [5.41, 5.74) is 1.16. The number of nitriles is 1. The Labute approximate surface area is 107 Å². The Morgan fingerprint density at radius 2 is 2.12 bits per heavy atom. The van der Waals surface area contributed by atoms with E-state index in [0.29, 0.717) is 6.42 Å². The van der Waals surface area contributed by atoms with Crippen molar-refractivity contribution in [3.63, 3.8) is 0 Å². The number of thioether (sulfide) groups is 1. The molecule has 0 saturated heterocycles. The molecule has 1 aromatic carbocycles. The first-order valence-corrected chi connectivity index (χ1v) is 6.70. The SMILES string of the molecule is C#CCSCCNC(CC#N)c1ccccc1. The Hall–Kier alpha value is -1.42. The number of hydrogen-bond donors (Lipinski definition) is 1. The van der Waals surface area contributed by atoms with Crippen molar-refractivity contribution in [1.82, 2.24) is 5.32 Å². The van der Waals surface area contributed by atoms with E-state index < -0.39 is 0 Å². The van der Waals surface area contributed by atoms with Crippen molar-refractivity contribution in [3.05, 3.63) is 35.9 Å². The molecular weight excluding hydrogens is 228 g/mol. The predicted molar refractivity (Wildman–Crippen MR) is 73.6 cm³/mol. The minimum Gasteiger partial charge on any atom is -0.308 e. The Kier molecular flexibility index (Phi) is 6.98. The highest BCUT2D eigenvalue weighted by Crippen LogP contribution is 2.15. The first kappa shape index (κ1) is 13.6. The van der Waals surface area contributed by atoms with Crippen LogP contribution in [0, 0.1) is 23.7 Å². The highest BCUT2D eigenvalue weighted by atomic mass is 32.2. The first-order chi connectivity index (χ1) is 8.38.